The van der Waals surface area contributed by atoms with E-state index < -0.39 is 35.5 Å². The number of hydrogen-bond donors (Lipinski definition) is 1. The van der Waals surface area contributed by atoms with Gasteiger partial charge in [-0.15, -0.1) is 11.8 Å². The van der Waals surface area contributed by atoms with Gasteiger partial charge in [0.05, 0.1) is 17.4 Å². The highest BCUT2D eigenvalue weighted by Gasteiger charge is 2.28. The molecule has 0 radical (unpaired) electrons. The highest BCUT2D eigenvalue weighted by molar-refractivity contribution is 7.99. The predicted octanol–water partition coefficient (Wildman–Crippen LogP) is 5.11. The van der Waals surface area contributed by atoms with Gasteiger partial charge in [0.1, 0.15) is 0 Å². The number of benzene rings is 2. The molecule has 2 aromatic carbocycles. The number of carbonyl (C=O) groups excluding carboxylic acids is 1. The molecule has 0 spiro atoms. The van der Waals surface area contributed by atoms with Crippen LogP contribution in [0.5, 0.6) is 0 Å². The first-order valence-electron chi connectivity index (χ1n) is 7.22. The van der Waals surface area contributed by atoms with Crippen molar-refractivity contribution in [3.05, 3.63) is 65.2 Å². The van der Waals surface area contributed by atoms with Gasteiger partial charge < -0.3 is 5.32 Å². The lowest BCUT2D eigenvalue weighted by atomic mass is 10.1. The second kappa shape index (κ2) is 7.86. The second-order valence-electron chi connectivity index (χ2n) is 5.27. The molecule has 0 heterocycles. The van der Waals surface area contributed by atoms with E-state index >= 15 is 0 Å². The minimum Gasteiger partial charge on any atom is -0.345 e. The van der Waals surface area contributed by atoms with Crippen LogP contribution in [0, 0.1) is 11.6 Å². The number of amides is 1. The van der Waals surface area contributed by atoms with Gasteiger partial charge in [0.25, 0.3) is 5.91 Å². The fourth-order valence-electron chi connectivity index (χ4n) is 2.08. The number of carbonyl (C=O) groups is 1. The fraction of sp³-hybridized carbons (Fsp3) is 0.235. The van der Waals surface area contributed by atoms with Crippen LogP contribution in [0.15, 0.2) is 47.4 Å². The Balaban J connectivity index is 2.13. The van der Waals surface area contributed by atoms with E-state index in [2.05, 4.69) is 5.32 Å². The van der Waals surface area contributed by atoms with Crippen molar-refractivity contribution in [2.45, 2.75) is 24.0 Å². The van der Waals surface area contributed by atoms with E-state index in [1.165, 1.54) is 30.3 Å². The van der Waals surface area contributed by atoms with E-state index in [1.54, 1.807) is 6.92 Å². The first kappa shape index (κ1) is 19.2. The molecule has 0 aliphatic carbocycles. The van der Waals surface area contributed by atoms with E-state index in [4.69, 9.17) is 0 Å². The largest absolute Gasteiger partial charge is 0.398 e. The summed E-state index contributed by atoms with van der Waals surface area (Å²) in [6, 6.07) is 8.49. The highest BCUT2D eigenvalue weighted by atomic mass is 32.2. The Morgan fingerprint density at radius 1 is 1.12 bits per heavy atom. The summed E-state index contributed by atoms with van der Waals surface area (Å²) in [7, 11) is 0. The summed E-state index contributed by atoms with van der Waals surface area (Å²) in [5.74, 6) is -3.76. The maximum absolute atomic E-state index is 13.3. The van der Waals surface area contributed by atoms with Gasteiger partial charge in [-0.05, 0) is 36.8 Å². The lowest BCUT2D eigenvalue weighted by molar-refractivity contribution is -0.105. The lowest BCUT2D eigenvalue weighted by Gasteiger charge is -2.16. The Hall–Kier alpha value is -2.09. The first-order valence-corrected chi connectivity index (χ1v) is 8.20. The van der Waals surface area contributed by atoms with Gasteiger partial charge >= 0.3 is 6.18 Å². The average Bonchev–Trinajstić information content (AvgIpc) is 2.55. The summed E-state index contributed by atoms with van der Waals surface area (Å²) in [6.45, 7) is 1.57. The predicted molar refractivity (Wildman–Crippen MR) is 85.5 cm³/mol. The number of halogens is 5. The Morgan fingerprint density at radius 2 is 1.80 bits per heavy atom. The molecule has 1 atom stereocenters. The van der Waals surface area contributed by atoms with E-state index in [1.807, 2.05) is 0 Å². The molecule has 2 aromatic rings. The molecule has 0 saturated carbocycles. The molecule has 0 saturated heterocycles. The standard InChI is InChI=1S/C17H14F5NOS/c1-10(11-6-7-13(18)14(19)8-11)23-16(24)12-4-2-3-5-15(12)25-9-17(20,21)22/h2-8,10H,9H2,1H3,(H,23,24)/t10-/m0/s1. The quantitative estimate of drug-likeness (QED) is 0.581. The molecule has 0 aliphatic rings. The molecule has 0 bridgehead atoms. The molecule has 1 N–H and O–H groups in total. The number of nitrogens with one attached hydrogen (secondary N) is 1. The Morgan fingerprint density at radius 3 is 2.44 bits per heavy atom. The topological polar surface area (TPSA) is 29.1 Å². The molecule has 8 heteroatoms. The van der Waals surface area contributed by atoms with Gasteiger partial charge in [-0.3, -0.25) is 4.79 Å². The second-order valence-corrected chi connectivity index (χ2v) is 6.29. The van der Waals surface area contributed by atoms with Crippen LogP contribution in [0.3, 0.4) is 0 Å². The molecule has 134 valence electrons. The van der Waals surface area contributed by atoms with E-state index in [9.17, 15) is 26.7 Å². The molecular weight excluding hydrogens is 361 g/mol. The van der Waals surface area contributed by atoms with Crippen molar-refractivity contribution in [1.82, 2.24) is 5.32 Å². The van der Waals surface area contributed by atoms with Crippen molar-refractivity contribution in [2.75, 3.05) is 5.75 Å². The average molecular weight is 375 g/mol. The summed E-state index contributed by atoms with van der Waals surface area (Å²) in [5, 5.41) is 2.57. The summed E-state index contributed by atoms with van der Waals surface area (Å²) in [5.41, 5.74) is 0.429. The Bertz CT molecular complexity index is 763. The van der Waals surface area contributed by atoms with E-state index in [0.717, 1.165) is 12.1 Å². The van der Waals surface area contributed by atoms with Gasteiger partial charge in [0, 0.05) is 4.90 Å². The molecule has 0 aliphatic heterocycles. The van der Waals surface area contributed by atoms with Gasteiger partial charge in [-0.2, -0.15) is 13.2 Å². The van der Waals surface area contributed by atoms with Gasteiger partial charge in [-0.25, -0.2) is 8.78 Å². The van der Waals surface area contributed by atoms with Gasteiger partial charge in [0.2, 0.25) is 0 Å². The van der Waals surface area contributed by atoms with E-state index in [-0.39, 0.29) is 10.5 Å². The third kappa shape index (κ3) is 5.45. The molecule has 0 aromatic heterocycles. The van der Waals surface area contributed by atoms with Crippen LogP contribution in [0.2, 0.25) is 0 Å². The summed E-state index contributed by atoms with van der Waals surface area (Å²) >= 11 is 0.514. The maximum Gasteiger partial charge on any atom is 0.398 e. The number of thioether (sulfide) groups is 1. The van der Waals surface area contributed by atoms with Crippen LogP contribution in [-0.2, 0) is 0 Å². The van der Waals surface area contributed by atoms with Crippen LogP contribution in [0.25, 0.3) is 0 Å². The van der Waals surface area contributed by atoms with Crippen LogP contribution in [0.1, 0.15) is 28.9 Å². The molecular formula is C17H14F5NOS. The molecule has 0 unspecified atom stereocenters. The first-order chi connectivity index (χ1) is 11.7. The molecule has 2 rings (SSSR count). The van der Waals surface area contributed by atoms with Crippen molar-refractivity contribution in [3.8, 4) is 0 Å². The van der Waals surface area contributed by atoms with Crippen molar-refractivity contribution in [3.63, 3.8) is 0 Å². The van der Waals surface area contributed by atoms with Crippen molar-refractivity contribution in [2.24, 2.45) is 0 Å². The van der Waals surface area contributed by atoms with Crippen LogP contribution < -0.4 is 5.32 Å². The minimum absolute atomic E-state index is 0.0891. The third-order valence-electron chi connectivity index (χ3n) is 3.31. The highest BCUT2D eigenvalue weighted by Crippen LogP contribution is 2.29. The van der Waals surface area contributed by atoms with Gasteiger partial charge in [-0.1, -0.05) is 18.2 Å². The number of rotatable bonds is 5. The van der Waals surface area contributed by atoms with Crippen LogP contribution in [0.4, 0.5) is 22.0 Å². The zero-order chi connectivity index (χ0) is 18.6. The van der Waals surface area contributed by atoms with Crippen molar-refractivity contribution >= 4 is 17.7 Å². The number of hydrogen-bond acceptors (Lipinski definition) is 2. The monoisotopic (exact) mass is 375 g/mol. The zero-order valence-corrected chi connectivity index (χ0v) is 13.8. The smallest absolute Gasteiger partial charge is 0.345 e. The molecule has 2 nitrogen and oxygen atoms in total. The van der Waals surface area contributed by atoms with Crippen LogP contribution >= 0.6 is 11.8 Å². The fourth-order valence-corrected chi connectivity index (χ4v) is 2.89. The Labute approximate surface area is 145 Å². The molecule has 0 fully saturated rings. The lowest BCUT2D eigenvalue weighted by Crippen LogP contribution is -2.27. The number of alkyl halides is 3. The van der Waals surface area contributed by atoms with E-state index in [0.29, 0.717) is 17.3 Å². The normalized spacial score (nSPS) is 12.7. The third-order valence-corrected chi connectivity index (χ3v) is 4.45. The summed E-state index contributed by atoms with van der Waals surface area (Å²) in [4.78, 5) is 12.5. The summed E-state index contributed by atoms with van der Waals surface area (Å²) in [6.07, 6.45) is -4.35. The minimum atomic E-state index is -4.35. The van der Waals surface area contributed by atoms with Crippen molar-refractivity contribution in [1.29, 1.82) is 0 Å². The van der Waals surface area contributed by atoms with Crippen molar-refractivity contribution < 1.29 is 26.7 Å². The molecule has 25 heavy (non-hydrogen) atoms. The maximum atomic E-state index is 13.3. The van der Waals surface area contributed by atoms with Crippen LogP contribution in [-0.4, -0.2) is 17.8 Å². The SMILES string of the molecule is C[C@H](NC(=O)c1ccccc1SCC(F)(F)F)c1ccc(F)c(F)c1. The van der Waals surface area contributed by atoms with Gasteiger partial charge in [0.15, 0.2) is 11.6 Å². The Kier molecular flexibility index (Phi) is 6.05. The summed E-state index contributed by atoms with van der Waals surface area (Å²) < 4.78 is 63.4. The molecule has 1 amide bonds. The zero-order valence-electron chi connectivity index (χ0n) is 13.0.